The fraction of sp³-hybridized carbons (Fsp3) is 0.304. The molecule has 32 heavy (non-hydrogen) atoms. The maximum absolute atomic E-state index is 13.2. The molecule has 0 spiro atoms. The fourth-order valence-corrected chi connectivity index (χ4v) is 6.44. The summed E-state index contributed by atoms with van der Waals surface area (Å²) in [6.45, 7) is 5.06. The number of sulfonamides is 1. The average molecular weight is 474 g/mol. The monoisotopic (exact) mass is 473 g/mol. The molecule has 1 fully saturated rings. The lowest BCUT2D eigenvalue weighted by Crippen LogP contribution is -2.42. The number of amides is 1. The second-order valence-corrected chi connectivity index (χ2v) is 11.1. The van der Waals surface area contributed by atoms with Crippen LogP contribution in [0.1, 0.15) is 30.6 Å². The smallest absolute Gasteiger partial charge is 0.257 e. The molecule has 0 aliphatic carbocycles. The van der Waals surface area contributed by atoms with Crippen molar-refractivity contribution in [3.8, 4) is 11.3 Å². The molecule has 3 aromatic rings. The van der Waals surface area contributed by atoms with Gasteiger partial charge in [0.2, 0.25) is 10.0 Å². The normalized spacial score (nSPS) is 19.6. The lowest BCUT2D eigenvalue weighted by molar-refractivity contribution is 0.102. The Kier molecular flexibility index (Phi) is 6.41. The molecule has 6 nitrogen and oxygen atoms in total. The van der Waals surface area contributed by atoms with Gasteiger partial charge in [-0.1, -0.05) is 19.9 Å². The number of hydrogen-bond donors (Lipinski definition) is 1. The topological polar surface area (TPSA) is 79.4 Å². The Morgan fingerprint density at radius 2 is 1.81 bits per heavy atom. The number of anilines is 1. The van der Waals surface area contributed by atoms with E-state index in [0.717, 1.165) is 12.0 Å². The molecule has 1 saturated heterocycles. The number of aromatic nitrogens is 1. The van der Waals surface area contributed by atoms with E-state index in [9.17, 15) is 17.6 Å². The van der Waals surface area contributed by atoms with Crippen LogP contribution in [0.3, 0.4) is 0 Å². The number of thiazole rings is 1. The van der Waals surface area contributed by atoms with Gasteiger partial charge in [-0.25, -0.2) is 17.8 Å². The molecular formula is C23H24FN3O3S2. The zero-order chi connectivity index (χ0) is 22.9. The third-order valence-electron chi connectivity index (χ3n) is 5.43. The van der Waals surface area contributed by atoms with Crippen molar-refractivity contribution >= 4 is 32.4 Å². The summed E-state index contributed by atoms with van der Waals surface area (Å²) in [5, 5.41) is 4.86. The van der Waals surface area contributed by atoms with E-state index >= 15 is 0 Å². The van der Waals surface area contributed by atoms with E-state index in [1.54, 1.807) is 29.6 Å². The maximum Gasteiger partial charge on any atom is 0.257 e. The number of piperidine rings is 1. The van der Waals surface area contributed by atoms with Crippen LogP contribution in [0.5, 0.6) is 0 Å². The summed E-state index contributed by atoms with van der Waals surface area (Å²) in [5.41, 5.74) is 1.60. The highest BCUT2D eigenvalue weighted by atomic mass is 32.2. The quantitative estimate of drug-likeness (QED) is 0.574. The van der Waals surface area contributed by atoms with Crippen LogP contribution < -0.4 is 5.32 Å². The van der Waals surface area contributed by atoms with Crippen LogP contribution in [0.25, 0.3) is 11.3 Å². The van der Waals surface area contributed by atoms with Crippen molar-refractivity contribution in [2.75, 3.05) is 18.4 Å². The predicted octanol–water partition coefficient (Wildman–Crippen LogP) is 4.87. The van der Waals surface area contributed by atoms with E-state index in [1.165, 1.54) is 39.9 Å². The summed E-state index contributed by atoms with van der Waals surface area (Å²) in [7, 11) is -3.68. The summed E-state index contributed by atoms with van der Waals surface area (Å²) >= 11 is 1.24. The highest BCUT2D eigenvalue weighted by Crippen LogP contribution is 2.28. The van der Waals surface area contributed by atoms with Crippen molar-refractivity contribution in [1.82, 2.24) is 9.29 Å². The highest BCUT2D eigenvalue weighted by Gasteiger charge is 2.32. The molecule has 2 aromatic carbocycles. The lowest BCUT2D eigenvalue weighted by Gasteiger charge is -2.34. The molecule has 2 heterocycles. The molecule has 1 aliphatic heterocycles. The number of nitrogens with zero attached hydrogens (tertiary/aromatic N) is 2. The van der Waals surface area contributed by atoms with Crippen molar-refractivity contribution in [3.63, 3.8) is 0 Å². The van der Waals surface area contributed by atoms with E-state index in [4.69, 9.17) is 0 Å². The van der Waals surface area contributed by atoms with Crippen LogP contribution in [0.15, 0.2) is 58.8 Å². The zero-order valence-corrected chi connectivity index (χ0v) is 19.4. The van der Waals surface area contributed by atoms with Crippen LogP contribution >= 0.6 is 11.3 Å². The van der Waals surface area contributed by atoms with Gasteiger partial charge in [0.1, 0.15) is 5.82 Å². The molecule has 4 rings (SSSR count). The van der Waals surface area contributed by atoms with Crippen molar-refractivity contribution in [2.45, 2.75) is 25.2 Å². The standard InChI is InChI=1S/C23H24FN3O3S2/c1-15-10-16(2)13-27(12-15)32(29,30)20-5-3-4-18(11-20)22(28)26-23-25-21(14-31-23)17-6-8-19(24)9-7-17/h3-9,11,14-16H,10,12-13H2,1-2H3,(H,25,26,28). The van der Waals surface area contributed by atoms with E-state index in [-0.39, 0.29) is 16.3 Å². The van der Waals surface area contributed by atoms with Crippen LogP contribution in [0.4, 0.5) is 9.52 Å². The maximum atomic E-state index is 13.2. The summed E-state index contributed by atoms with van der Waals surface area (Å²) in [6, 6.07) is 12.0. The van der Waals surface area contributed by atoms with Crippen LogP contribution in [0, 0.1) is 17.7 Å². The van der Waals surface area contributed by atoms with Gasteiger partial charge >= 0.3 is 0 Å². The van der Waals surface area contributed by atoms with Crippen molar-refractivity contribution < 1.29 is 17.6 Å². The number of nitrogens with one attached hydrogen (secondary N) is 1. The van der Waals surface area contributed by atoms with Gasteiger partial charge in [-0.3, -0.25) is 10.1 Å². The van der Waals surface area contributed by atoms with E-state index in [0.29, 0.717) is 35.8 Å². The molecule has 0 bridgehead atoms. The molecule has 1 N–H and O–H groups in total. The van der Waals surface area contributed by atoms with Crippen molar-refractivity contribution in [2.24, 2.45) is 11.8 Å². The van der Waals surface area contributed by atoms with Gasteiger partial charge in [-0.15, -0.1) is 11.3 Å². The number of carbonyl (C=O) groups excluding carboxylic acids is 1. The lowest BCUT2D eigenvalue weighted by atomic mass is 9.94. The van der Waals surface area contributed by atoms with Crippen LogP contribution in [-0.2, 0) is 10.0 Å². The summed E-state index contributed by atoms with van der Waals surface area (Å²) < 4.78 is 40.9. The molecule has 1 amide bonds. The van der Waals surface area contributed by atoms with Crippen LogP contribution in [-0.4, -0.2) is 36.7 Å². The van der Waals surface area contributed by atoms with Crippen LogP contribution in [0.2, 0.25) is 0 Å². The molecular weight excluding hydrogens is 449 g/mol. The molecule has 0 radical (unpaired) electrons. The van der Waals surface area contributed by atoms with Gasteiger partial charge in [-0.2, -0.15) is 4.31 Å². The minimum absolute atomic E-state index is 0.109. The Labute approximate surface area is 191 Å². The third-order valence-corrected chi connectivity index (χ3v) is 8.02. The molecule has 9 heteroatoms. The molecule has 168 valence electrons. The Bertz CT molecular complexity index is 1220. The number of rotatable bonds is 5. The third kappa shape index (κ3) is 4.90. The van der Waals surface area contributed by atoms with E-state index < -0.39 is 15.9 Å². The average Bonchev–Trinajstić information content (AvgIpc) is 3.22. The Morgan fingerprint density at radius 3 is 2.50 bits per heavy atom. The van der Waals surface area contributed by atoms with Gasteiger partial charge in [-0.05, 0) is 60.7 Å². The van der Waals surface area contributed by atoms with Crippen molar-refractivity contribution in [1.29, 1.82) is 0 Å². The number of halogens is 1. The minimum atomic E-state index is -3.68. The van der Waals surface area contributed by atoms with Gasteiger partial charge in [0.05, 0.1) is 10.6 Å². The Balaban J connectivity index is 1.51. The first kappa shape index (κ1) is 22.6. The second-order valence-electron chi connectivity index (χ2n) is 8.29. The van der Waals surface area contributed by atoms with Gasteiger partial charge < -0.3 is 0 Å². The molecule has 2 unspecified atom stereocenters. The highest BCUT2D eigenvalue weighted by molar-refractivity contribution is 7.89. The molecule has 2 atom stereocenters. The Morgan fingerprint density at radius 1 is 1.12 bits per heavy atom. The summed E-state index contributed by atoms with van der Waals surface area (Å²) in [6.07, 6.45) is 1.00. The Hall–Kier alpha value is -2.62. The molecule has 0 saturated carbocycles. The van der Waals surface area contributed by atoms with Gasteiger partial charge in [0.15, 0.2) is 5.13 Å². The van der Waals surface area contributed by atoms with Gasteiger partial charge in [0, 0.05) is 29.6 Å². The predicted molar refractivity (Wildman–Crippen MR) is 124 cm³/mol. The largest absolute Gasteiger partial charge is 0.298 e. The molecule has 1 aromatic heterocycles. The number of carbonyl (C=O) groups is 1. The second kappa shape index (κ2) is 9.09. The van der Waals surface area contributed by atoms with Crippen molar-refractivity contribution in [3.05, 3.63) is 65.3 Å². The summed E-state index contributed by atoms with van der Waals surface area (Å²) in [5.74, 6) is -0.191. The minimum Gasteiger partial charge on any atom is -0.298 e. The first-order chi connectivity index (χ1) is 15.2. The van der Waals surface area contributed by atoms with E-state index in [2.05, 4.69) is 24.1 Å². The zero-order valence-electron chi connectivity index (χ0n) is 17.8. The SMILES string of the molecule is CC1CC(C)CN(S(=O)(=O)c2cccc(C(=O)Nc3nc(-c4ccc(F)cc4)cs3)c2)C1. The number of hydrogen-bond acceptors (Lipinski definition) is 5. The summed E-state index contributed by atoms with van der Waals surface area (Å²) in [4.78, 5) is 17.2. The number of benzene rings is 2. The first-order valence-electron chi connectivity index (χ1n) is 10.4. The van der Waals surface area contributed by atoms with Gasteiger partial charge in [0.25, 0.3) is 5.91 Å². The fourth-order valence-electron chi connectivity index (χ4n) is 4.00. The molecule has 1 aliphatic rings. The first-order valence-corrected chi connectivity index (χ1v) is 12.7. The van der Waals surface area contributed by atoms with E-state index in [1.807, 2.05) is 0 Å².